The predicted molar refractivity (Wildman–Crippen MR) is 89.5 cm³/mol. The van der Waals surface area contributed by atoms with Crippen molar-refractivity contribution in [1.29, 1.82) is 0 Å². The van der Waals surface area contributed by atoms with Gasteiger partial charge in [0.1, 0.15) is 6.42 Å². The molecule has 0 unspecified atom stereocenters. The van der Waals surface area contributed by atoms with Gasteiger partial charge in [0, 0.05) is 11.4 Å². The van der Waals surface area contributed by atoms with Gasteiger partial charge >= 0.3 is 0 Å². The molecule has 0 heterocycles. The average molecular weight is 337 g/mol. The Bertz CT molecular complexity index is 717. The van der Waals surface area contributed by atoms with Gasteiger partial charge in [-0.3, -0.25) is 9.59 Å². The third-order valence-electron chi connectivity index (χ3n) is 2.83. The van der Waals surface area contributed by atoms with Gasteiger partial charge in [-0.05, 0) is 42.8 Å². The maximum atomic E-state index is 11.8. The molecule has 22 heavy (non-hydrogen) atoms. The van der Waals surface area contributed by atoms with E-state index in [0.29, 0.717) is 21.4 Å². The Morgan fingerprint density at radius 2 is 1.55 bits per heavy atom. The van der Waals surface area contributed by atoms with E-state index in [1.54, 1.807) is 18.2 Å². The summed E-state index contributed by atoms with van der Waals surface area (Å²) in [6.07, 6.45) is -0.284. The first-order valence-corrected chi connectivity index (χ1v) is 7.31. The zero-order chi connectivity index (χ0) is 16.1. The second-order valence-corrected chi connectivity index (χ2v) is 5.59. The van der Waals surface area contributed by atoms with E-state index in [9.17, 15) is 9.59 Å². The average Bonchev–Trinajstić information content (AvgIpc) is 2.42. The van der Waals surface area contributed by atoms with E-state index >= 15 is 0 Å². The number of carbonyl (C=O) groups is 2. The maximum absolute atomic E-state index is 11.8. The zero-order valence-electron chi connectivity index (χ0n) is 11.8. The molecular weight excluding hydrogens is 323 g/mol. The van der Waals surface area contributed by atoms with Crippen LogP contribution in [0.5, 0.6) is 0 Å². The normalized spacial score (nSPS) is 10.1. The summed E-state index contributed by atoms with van der Waals surface area (Å²) in [7, 11) is 0. The van der Waals surface area contributed by atoms with Crippen molar-refractivity contribution in [2.45, 2.75) is 13.3 Å². The first-order valence-electron chi connectivity index (χ1n) is 6.55. The van der Waals surface area contributed by atoms with Crippen LogP contribution in [0.1, 0.15) is 12.0 Å². The van der Waals surface area contributed by atoms with Crippen LogP contribution < -0.4 is 10.6 Å². The second-order valence-electron chi connectivity index (χ2n) is 4.77. The summed E-state index contributed by atoms with van der Waals surface area (Å²) >= 11 is 11.7. The maximum Gasteiger partial charge on any atom is 0.233 e. The molecule has 0 bridgehead atoms. The van der Waals surface area contributed by atoms with Crippen LogP contribution in [-0.2, 0) is 9.59 Å². The molecule has 0 aliphatic heterocycles. The van der Waals surface area contributed by atoms with Gasteiger partial charge < -0.3 is 10.6 Å². The van der Waals surface area contributed by atoms with Crippen molar-refractivity contribution in [3.05, 3.63) is 58.1 Å². The highest BCUT2D eigenvalue weighted by Gasteiger charge is 2.11. The number of aryl methyl sites for hydroxylation is 1. The molecule has 2 N–H and O–H groups in total. The first-order chi connectivity index (χ1) is 10.4. The molecule has 2 amide bonds. The number of halogens is 2. The molecule has 4 nitrogen and oxygen atoms in total. The van der Waals surface area contributed by atoms with Crippen LogP contribution in [-0.4, -0.2) is 11.8 Å². The third-order valence-corrected chi connectivity index (χ3v) is 3.57. The molecule has 0 aliphatic carbocycles. The molecule has 0 atom stereocenters. The van der Waals surface area contributed by atoms with Crippen LogP contribution in [0.25, 0.3) is 0 Å². The van der Waals surface area contributed by atoms with Gasteiger partial charge in [-0.2, -0.15) is 0 Å². The lowest BCUT2D eigenvalue weighted by Gasteiger charge is -2.08. The van der Waals surface area contributed by atoms with Gasteiger partial charge in [-0.1, -0.05) is 35.3 Å². The topological polar surface area (TPSA) is 58.2 Å². The molecule has 0 fully saturated rings. The Kier molecular flexibility index (Phi) is 5.41. The summed E-state index contributed by atoms with van der Waals surface area (Å²) in [4.78, 5) is 23.7. The Labute approximate surface area is 138 Å². The van der Waals surface area contributed by atoms with Crippen molar-refractivity contribution < 1.29 is 9.59 Å². The van der Waals surface area contributed by atoms with Crippen molar-refractivity contribution in [3.63, 3.8) is 0 Å². The Morgan fingerprint density at radius 3 is 2.14 bits per heavy atom. The van der Waals surface area contributed by atoms with E-state index in [4.69, 9.17) is 23.2 Å². The molecule has 114 valence electrons. The summed E-state index contributed by atoms with van der Waals surface area (Å²) in [6, 6.07) is 12.1. The molecular formula is C16H14Cl2N2O2. The predicted octanol–water partition coefficient (Wildman–Crippen LogP) is 4.27. The summed E-state index contributed by atoms with van der Waals surface area (Å²) < 4.78 is 0. The van der Waals surface area contributed by atoms with Crippen molar-refractivity contribution in [3.8, 4) is 0 Å². The van der Waals surface area contributed by atoms with Crippen LogP contribution >= 0.6 is 23.2 Å². The third kappa shape index (κ3) is 4.76. The number of hydrogen-bond donors (Lipinski definition) is 2. The van der Waals surface area contributed by atoms with Gasteiger partial charge in [0.05, 0.1) is 10.0 Å². The summed E-state index contributed by atoms with van der Waals surface area (Å²) in [6.45, 7) is 1.92. The van der Waals surface area contributed by atoms with E-state index < -0.39 is 5.91 Å². The standard InChI is InChI=1S/C16H14Cl2N2O2/c1-10-3-2-4-11(7-10)19-15(21)9-16(22)20-12-5-6-13(17)14(18)8-12/h2-8H,9H2,1H3,(H,19,21)(H,20,22). The number of rotatable bonds is 4. The number of benzene rings is 2. The molecule has 0 saturated heterocycles. The lowest BCUT2D eigenvalue weighted by atomic mass is 10.2. The number of anilines is 2. The van der Waals surface area contributed by atoms with Crippen LogP contribution in [0.4, 0.5) is 11.4 Å². The van der Waals surface area contributed by atoms with Gasteiger partial charge in [0.25, 0.3) is 0 Å². The molecule has 2 rings (SSSR count). The fourth-order valence-electron chi connectivity index (χ4n) is 1.85. The molecule has 0 spiro atoms. The van der Waals surface area contributed by atoms with E-state index in [2.05, 4.69) is 10.6 Å². The molecule has 0 aliphatic rings. The fraction of sp³-hybridized carbons (Fsp3) is 0.125. The Morgan fingerprint density at radius 1 is 0.909 bits per heavy atom. The molecule has 0 aromatic heterocycles. The van der Waals surface area contributed by atoms with Crippen molar-refractivity contribution in [2.24, 2.45) is 0 Å². The highest BCUT2D eigenvalue weighted by Crippen LogP contribution is 2.25. The minimum Gasteiger partial charge on any atom is -0.326 e. The van der Waals surface area contributed by atoms with Crippen LogP contribution in [0.15, 0.2) is 42.5 Å². The van der Waals surface area contributed by atoms with Gasteiger partial charge in [-0.25, -0.2) is 0 Å². The number of carbonyl (C=O) groups excluding carboxylic acids is 2. The van der Waals surface area contributed by atoms with Crippen molar-refractivity contribution in [1.82, 2.24) is 0 Å². The van der Waals surface area contributed by atoms with Gasteiger partial charge in [0.2, 0.25) is 11.8 Å². The van der Waals surface area contributed by atoms with Crippen LogP contribution in [0, 0.1) is 6.92 Å². The van der Waals surface area contributed by atoms with Crippen molar-refractivity contribution in [2.75, 3.05) is 10.6 Å². The first kappa shape index (κ1) is 16.3. The largest absolute Gasteiger partial charge is 0.326 e. The van der Waals surface area contributed by atoms with E-state index in [1.807, 2.05) is 25.1 Å². The molecule has 6 heteroatoms. The smallest absolute Gasteiger partial charge is 0.233 e. The lowest BCUT2D eigenvalue weighted by molar-refractivity contribution is -0.123. The van der Waals surface area contributed by atoms with E-state index in [-0.39, 0.29) is 12.3 Å². The van der Waals surface area contributed by atoms with Gasteiger partial charge in [0.15, 0.2) is 0 Å². The summed E-state index contributed by atoms with van der Waals surface area (Å²) in [5, 5.41) is 6.00. The van der Waals surface area contributed by atoms with Crippen LogP contribution in [0.2, 0.25) is 10.0 Å². The Balaban J connectivity index is 1.91. The Hall–Kier alpha value is -2.04. The summed E-state index contributed by atoms with van der Waals surface area (Å²) in [5.74, 6) is -0.813. The fourth-order valence-corrected chi connectivity index (χ4v) is 2.15. The van der Waals surface area contributed by atoms with E-state index in [0.717, 1.165) is 5.56 Å². The molecule has 0 saturated carbocycles. The number of hydrogen-bond acceptors (Lipinski definition) is 2. The lowest BCUT2D eigenvalue weighted by Crippen LogP contribution is -2.21. The van der Waals surface area contributed by atoms with Crippen LogP contribution in [0.3, 0.4) is 0 Å². The second kappa shape index (κ2) is 7.29. The summed E-state index contributed by atoms with van der Waals surface area (Å²) in [5.41, 5.74) is 2.17. The highest BCUT2D eigenvalue weighted by atomic mass is 35.5. The minimum absolute atomic E-state index is 0.284. The molecule has 0 radical (unpaired) electrons. The van der Waals surface area contributed by atoms with Crippen molar-refractivity contribution >= 4 is 46.4 Å². The van der Waals surface area contributed by atoms with E-state index in [1.165, 1.54) is 6.07 Å². The SMILES string of the molecule is Cc1cccc(NC(=O)CC(=O)Nc2ccc(Cl)c(Cl)c2)c1. The monoisotopic (exact) mass is 336 g/mol. The zero-order valence-corrected chi connectivity index (χ0v) is 13.3. The number of nitrogens with one attached hydrogen (secondary N) is 2. The minimum atomic E-state index is -0.427. The molecule has 2 aromatic carbocycles. The number of amides is 2. The quantitative estimate of drug-likeness (QED) is 0.819. The molecule has 2 aromatic rings. The van der Waals surface area contributed by atoms with Gasteiger partial charge in [-0.15, -0.1) is 0 Å². The highest BCUT2D eigenvalue weighted by molar-refractivity contribution is 6.42.